The predicted molar refractivity (Wildman–Crippen MR) is 97.3 cm³/mol. The van der Waals surface area contributed by atoms with Gasteiger partial charge in [0.2, 0.25) is 0 Å². The molecule has 0 spiro atoms. The normalized spacial score (nSPS) is 10.8. The summed E-state index contributed by atoms with van der Waals surface area (Å²) < 4.78 is 0. The van der Waals surface area contributed by atoms with Gasteiger partial charge in [-0.05, 0) is 51.2 Å². The van der Waals surface area contributed by atoms with E-state index >= 15 is 0 Å². The number of nitrogens with zero attached hydrogens (tertiary/aromatic N) is 3. The van der Waals surface area contributed by atoms with Crippen LogP contribution in [-0.4, -0.2) is 48.6 Å². The van der Waals surface area contributed by atoms with Crippen LogP contribution in [0.5, 0.6) is 0 Å². The Hall–Kier alpha value is -1.85. The highest BCUT2D eigenvalue weighted by Crippen LogP contribution is 2.11. The number of rotatable bonds is 9. The van der Waals surface area contributed by atoms with Crippen LogP contribution >= 0.6 is 11.6 Å². The number of benzene rings is 1. The average molecular weight is 334 g/mol. The Bertz CT molecular complexity index is 586. The maximum absolute atomic E-state index is 5.89. The quantitative estimate of drug-likeness (QED) is 0.690. The van der Waals surface area contributed by atoms with Crippen LogP contribution in [0.4, 0.5) is 11.6 Å². The van der Waals surface area contributed by atoms with Crippen molar-refractivity contribution in [3.8, 4) is 0 Å². The Kier molecular flexibility index (Phi) is 7.10. The van der Waals surface area contributed by atoms with Gasteiger partial charge in [-0.3, -0.25) is 0 Å². The van der Waals surface area contributed by atoms with Crippen molar-refractivity contribution in [2.75, 3.05) is 44.4 Å². The minimum absolute atomic E-state index is 0.766. The summed E-state index contributed by atoms with van der Waals surface area (Å²) in [7, 11) is 4.15. The molecule has 2 N–H and O–H groups in total. The largest absolute Gasteiger partial charge is 0.370 e. The fourth-order valence-corrected chi connectivity index (χ4v) is 2.27. The molecule has 124 valence electrons. The van der Waals surface area contributed by atoms with E-state index in [1.54, 1.807) is 6.33 Å². The zero-order valence-electron chi connectivity index (χ0n) is 13.7. The molecular formula is C17H24ClN5. The van der Waals surface area contributed by atoms with E-state index < -0.39 is 0 Å². The standard InChI is InChI=1S/C17H24ClN5/c1-23(2)11-3-9-19-16-12-17(22-13-21-16)20-10-8-14-4-6-15(18)7-5-14/h4-7,12-13H,3,8-11H2,1-2H3,(H2,19,20,21,22). The highest BCUT2D eigenvalue weighted by Gasteiger charge is 1.99. The first-order valence-electron chi connectivity index (χ1n) is 7.82. The van der Waals surface area contributed by atoms with Crippen molar-refractivity contribution in [3.05, 3.63) is 47.2 Å². The summed E-state index contributed by atoms with van der Waals surface area (Å²) in [6.07, 6.45) is 3.59. The topological polar surface area (TPSA) is 53.1 Å². The van der Waals surface area contributed by atoms with Gasteiger partial charge < -0.3 is 15.5 Å². The van der Waals surface area contributed by atoms with Crippen molar-refractivity contribution >= 4 is 23.2 Å². The smallest absolute Gasteiger partial charge is 0.131 e. The molecule has 6 heteroatoms. The molecule has 1 aromatic carbocycles. The summed E-state index contributed by atoms with van der Waals surface area (Å²) in [6, 6.07) is 9.86. The highest BCUT2D eigenvalue weighted by molar-refractivity contribution is 6.30. The molecule has 0 fully saturated rings. The lowest BCUT2D eigenvalue weighted by Gasteiger charge is -2.11. The van der Waals surface area contributed by atoms with E-state index in [1.807, 2.05) is 30.3 Å². The summed E-state index contributed by atoms with van der Waals surface area (Å²) in [6.45, 7) is 2.78. The third-order valence-corrected chi connectivity index (χ3v) is 3.64. The van der Waals surface area contributed by atoms with E-state index in [4.69, 9.17) is 11.6 Å². The van der Waals surface area contributed by atoms with E-state index in [-0.39, 0.29) is 0 Å². The van der Waals surface area contributed by atoms with Crippen LogP contribution in [0.1, 0.15) is 12.0 Å². The van der Waals surface area contributed by atoms with Crippen LogP contribution in [0.2, 0.25) is 5.02 Å². The number of aromatic nitrogens is 2. The lowest BCUT2D eigenvalue weighted by atomic mass is 10.1. The molecule has 23 heavy (non-hydrogen) atoms. The van der Waals surface area contributed by atoms with Crippen LogP contribution in [0.3, 0.4) is 0 Å². The van der Waals surface area contributed by atoms with Gasteiger partial charge in [-0.15, -0.1) is 0 Å². The van der Waals surface area contributed by atoms with Gasteiger partial charge in [-0.25, -0.2) is 9.97 Å². The van der Waals surface area contributed by atoms with Gasteiger partial charge >= 0.3 is 0 Å². The molecule has 0 radical (unpaired) electrons. The van der Waals surface area contributed by atoms with Crippen molar-refractivity contribution in [3.63, 3.8) is 0 Å². The Labute approximate surface area is 143 Å². The molecule has 2 rings (SSSR count). The highest BCUT2D eigenvalue weighted by atomic mass is 35.5. The predicted octanol–water partition coefficient (Wildman–Crippen LogP) is 3.15. The molecule has 1 heterocycles. The van der Waals surface area contributed by atoms with Gasteiger partial charge in [0.15, 0.2) is 0 Å². The van der Waals surface area contributed by atoms with E-state index in [0.29, 0.717) is 0 Å². The molecule has 0 atom stereocenters. The van der Waals surface area contributed by atoms with Crippen molar-refractivity contribution in [2.24, 2.45) is 0 Å². The first-order chi connectivity index (χ1) is 11.1. The molecule has 0 saturated heterocycles. The molecule has 0 amide bonds. The molecule has 0 bridgehead atoms. The van der Waals surface area contributed by atoms with Gasteiger partial charge in [0, 0.05) is 24.2 Å². The van der Waals surface area contributed by atoms with Crippen LogP contribution in [0, 0.1) is 0 Å². The molecule has 0 aliphatic heterocycles. The number of nitrogens with one attached hydrogen (secondary N) is 2. The van der Waals surface area contributed by atoms with Crippen LogP contribution in [0.25, 0.3) is 0 Å². The molecule has 2 aromatic rings. The van der Waals surface area contributed by atoms with E-state index in [0.717, 1.165) is 49.1 Å². The molecule has 5 nitrogen and oxygen atoms in total. The van der Waals surface area contributed by atoms with Gasteiger partial charge in [-0.2, -0.15) is 0 Å². The van der Waals surface area contributed by atoms with Crippen LogP contribution in [-0.2, 0) is 6.42 Å². The Morgan fingerprint density at radius 3 is 2.30 bits per heavy atom. The number of halogens is 1. The van der Waals surface area contributed by atoms with Crippen LogP contribution < -0.4 is 10.6 Å². The molecule has 1 aromatic heterocycles. The second kappa shape index (κ2) is 9.33. The zero-order chi connectivity index (χ0) is 16.5. The second-order valence-electron chi connectivity index (χ2n) is 5.68. The third kappa shape index (κ3) is 6.84. The average Bonchev–Trinajstić information content (AvgIpc) is 2.54. The maximum atomic E-state index is 5.89. The summed E-state index contributed by atoms with van der Waals surface area (Å²) in [5, 5.41) is 7.41. The van der Waals surface area contributed by atoms with Gasteiger partial charge in [0.25, 0.3) is 0 Å². The van der Waals surface area contributed by atoms with E-state index in [2.05, 4.69) is 39.6 Å². The molecule has 0 unspecified atom stereocenters. The molecule has 0 aliphatic rings. The SMILES string of the molecule is CN(C)CCCNc1cc(NCCc2ccc(Cl)cc2)ncn1. The zero-order valence-corrected chi connectivity index (χ0v) is 14.5. The third-order valence-electron chi connectivity index (χ3n) is 3.39. The van der Waals surface area contributed by atoms with Gasteiger partial charge in [0.05, 0.1) is 0 Å². The van der Waals surface area contributed by atoms with Crippen molar-refractivity contribution < 1.29 is 0 Å². The first kappa shape index (κ1) is 17.5. The van der Waals surface area contributed by atoms with E-state index in [9.17, 15) is 0 Å². The second-order valence-corrected chi connectivity index (χ2v) is 6.11. The molecule has 0 aliphatic carbocycles. The maximum Gasteiger partial charge on any atom is 0.131 e. The monoisotopic (exact) mass is 333 g/mol. The summed E-state index contributed by atoms with van der Waals surface area (Å²) in [5.74, 6) is 1.69. The number of anilines is 2. The Morgan fingerprint density at radius 2 is 1.65 bits per heavy atom. The van der Waals surface area contributed by atoms with Gasteiger partial charge in [-0.1, -0.05) is 23.7 Å². The fourth-order valence-electron chi connectivity index (χ4n) is 2.15. The van der Waals surface area contributed by atoms with Crippen molar-refractivity contribution in [1.29, 1.82) is 0 Å². The summed E-state index contributed by atoms with van der Waals surface area (Å²) in [4.78, 5) is 10.7. The van der Waals surface area contributed by atoms with Gasteiger partial charge in [0.1, 0.15) is 18.0 Å². The Balaban J connectivity index is 1.74. The Morgan fingerprint density at radius 1 is 1.00 bits per heavy atom. The lowest BCUT2D eigenvalue weighted by molar-refractivity contribution is 0.405. The molecular weight excluding hydrogens is 310 g/mol. The number of hydrogen-bond donors (Lipinski definition) is 2. The summed E-state index contributed by atoms with van der Waals surface area (Å²) in [5.41, 5.74) is 1.25. The lowest BCUT2D eigenvalue weighted by Crippen LogP contribution is -2.16. The van der Waals surface area contributed by atoms with Crippen LogP contribution in [0.15, 0.2) is 36.7 Å². The minimum Gasteiger partial charge on any atom is -0.370 e. The van der Waals surface area contributed by atoms with Crippen molar-refractivity contribution in [1.82, 2.24) is 14.9 Å². The first-order valence-corrected chi connectivity index (χ1v) is 8.20. The summed E-state index contributed by atoms with van der Waals surface area (Å²) >= 11 is 5.89. The van der Waals surface area contributed by atoms with Crippen molar-refractivity contribution in [2.45, 2.75) is 12.8 Å². The number of hydrogen-bond acceptors (Lipinski definition) is 5. The van der Waals surface area contributed by atoms with E-state index in [1.165, 1.54) is 5.56 Å². The molecule has 0 saturated carbocycles. The minimum atomic E-state index is 0.766. The fraction of sp³-hybridized carbons (Fsp3) is 0.412.